The third kappa shape index (κ3) is 1.76. The fraction of sp³-hybridized carbons (Fsp3) is 0.364. The minimum atomic E-state index is -0.444. The van der Waals surface area contributed by atoms with Crippen LogP contribution in [0.25, 0.3) is 0 Å². The summed E-state index contributed by atoms with van der Waals surface area (Å²) in [5.41, 5.74) is 0.623. The smallest absolute Gasteiger partial charge is 0.314 e. The summed E-state index contributed by atoms with van der Waals surface area (Å²) in [5.74, 6) is -0.214. The summed E-state index contributed by atoms with van der Waals surface area (Å²) < 4.78 is 0. The van der Waals surface area contributed by atoms with Crippen LogP contribution < -0.4 is 5.01 Å². The minimum Gasteiger partial charge on any atom is -0.314 e. The first-order chi connectivity index (χ1) is 9.08. The Balaban J connectivity index is 1.95. The Labute approximate surface area is 109 Å². The first kappa shape index (κ1) is 11.7. The average Bonchev–Trinajstić information content (AvgIpc) is 2.95. The summed E-state index contributed by atoms with van der Waals surface area (Å²) >= 11 is 0. The fourth-order valence-electron chi connectivity index (χ4n) is 2.39. The number of amides is 3. The lowest BCUT2D eigenvalue weighted by atomic mass is 10.2. The second-order valence-electron chi connectivity index (χ2n) is 4.49. The van der Waals surface area contributed by atoms with Crippen LogP contribution in [0.2, 0.25) is 0 Å². The van der Waals surface area contributed by atoms with Crippen molar-refractivity contribution in [3.63, 3.8) is 0 Å². The highest BCUT2D eigenvalue weighted by Gasteiger charge is 2.41. The van der Waals surface area contributed by atoms with E-state index in [1.165, 1.54) is 21.6 Å². The van der Waals surface area contributed by atoms with Crippen molar-refractivity contribution in [2.75, 3.05) is 18.1 Å². The van der Waals surface area contributed by atoms with Crippen molar-refractivity contribution in [3.05, 3.63) is 30.2 Å². The van der Waals surface area contributed by atoms with E-state index in [1.807, 2.05) is 0 Å². The van der Waals surface area contributed by atoms with Crippen LogP contribution in [0.15, 0.2) is 30.2 Å². The predicted molar refractivity (Wildman–Crippen MR) is 63.6 cm³/mol. The molecule has 100 valence electrons. The molecule has 2 aliphatic rings. The van der Waals surface area contributed by atoms with Crippen LogP contribution in [0.1, 0.15) is 6.92 Å². The van der Waals surface area contributed by atoms with Gasteiger partial charge in [-0.15, -0.1) is 0 Å². The lowest BCUT2D eigenvalue weighted by Gasteiger charge is -2.29. The van der Waals surface area contributed by atoms with Gasteiger partial charge in [0.15, 0.2) is 0 Å². The van der Waals surface area contributed by atoms with Crippen LogP contribution in [0, 0.1) is 0 Å². The first-order valence-corrected chi connectivity index (χ1v) is 5.86. The van der Waals surface area contributed by atoms with Gasteiger partial charge in [0.1, 0.15) is 0 Å². The molecule has 3 heterocycles. The molecule has 0 saturated carbocycles. The van der Waals surface area contributed by atoms with E-state index in [0.29, 0.717) is 17.3 Å². The van der Waals surface area contributed by atoms with E-state index in [4.69, 9.17) is 0 Å². The zero-order chi connectivity index (χ0) is 13.6. The van der Waals surface area contributed by atoms with Crippen molar-refractivity contribution < 1.29 is 14.8 Å². The first-order valence-electron chi connectivity index (χ1n) is 5.86. The van der Waals surface area contributed by atoms with E-state index in [-0.39, 0.29) is 12.5 Å². The Bertz CT molecular complexity index is 553. The number of hydrogen-bond donors (Lipinski definition) is 1. The van der Waals surface area contributed by atoms with Crippen molar-refractivity contribution in [2.24, 2.45) is 0 Å². The third-order valence-corrected chi connectivity index (χ3v) is 3.19. The van der Waals surface area contributed by atoms with Crippen molar-refractivity contribution in [1.82, 2.24) is 19.9 Å². The quantitative estimate of drug-likeness (QED) is 0.747. The van der Waals surface area contributed by atoms with Crippen LogP contribution in [0.5, 0.6) is 0 Å². The highest BCUT2D eigenvalue weighted by molar-refractivity contribution is 5.87. The zero-order valence-corrected chi connectivity index (χ0v) is 10.3. The summed E-state index contributed by atoms with van der Waals surface area (Å²) in [6.45, 7) is 2.13. The normalized spacial score (nSPS) is 21.7. The summed E-state index contributed by atoms with van der Waals surface area (Å²) in [5, 5.41) is 15.7. The molecule has 1 aromatic heterocycles. The number of rotatable bonds is 2. The monoisotopic (exact) mass is 263 g/mol. The van der Waals surface area contributed by atoms with Gasteiger partial charge in [-0.2, -0.15) is 15.0 Å². The fourth-order valence-corrected chi connectivity index (χ4v) is 2.39. The molecule has 0 aromatic carbocycles. The van der Waals surface area contributed by atoms with Crippen LogP contribution in [-0.4, -0.2) is 56.1 Å². The summed E-state index contributed by atoms with van der Waals surface area (Å²) in [6, 6.07) is 0.839. The van der Waals surface area contributed by atoms with E-state index in [1.54, 1.807) is 24.5 Å². The van der Waals surface area contributed by atoms with Gasteiger partial charge in [-0.3, -0.25) is 10.0 Å². The van der Waals surface area contributed by atoms with Crippen molar-refractivity contribution >= 4 is 11.9 Å². The van der Waals surface area contributed by atoms with Crippen molar-refractivity contribution in [3.8, 4) is 0 Å². The molecule has 1 aromatic rings. The zero-order valence-electron chi connectivity index (χ0n) is 10.3. The topological polar surface area (TPSA) is 81.9 Å². The Morgan fingerprint density at radius 3 is 2.95 bits per heavy atom. The molecular formula is C11H13N5O3. The molecule has 0 aliphatic carbocycles. The molecule has 8 heteroatoms. The van der Waals surface area contributed by atoms with Gasteiger partial charge >= 0.3 is 6.03 Å². The molecule has 2 aliphatic heterocycles. The second kappa shape index (κ2) is 4.09. The molecule has 1 unspecified atom stereocenters. The number of nitrogens with zero attached hydrogens (tertiary/aromatic N) is 5. The standard InChI is InChI=1S/C11H13N5O3/c1-8(17)15(14-4-2-3-12-14)9-5-10-7-13(6-9)11(18)16(10)19/h2-5,10,19H,6-7H2,1H3. The molecule has 0 spiro atoms. The highest BCUT2D eigenvalue weighted by Crippen LogP contribution is 2.23. The highest BCUT2D eigenvalue weighted by atomic mass is 16.5. The van der Waals surface area contributed by atoms with Crippen molar-refractivity contribution in [2.45, 2.75) is 13.0 Å². The number of carbonyl (C=O) groups is 2. The van der Waals surface area contributed by atoms with Gasteiger partial charge in [0.05, 0.1) is 24.5 Å². The van der Waals surface area contributed by atoms with Gasteiger partial charge in [0, 0.05) is 19.7 Å². The number of carbonyl (C=O) groups excluding carboxylic acids is 2. The lowest BCUT2D eigenvalue weighted by molar-refractivity contribution is -0.117. The number of hydroxylamine groups is 2. The Morgan fingerprint density at radius 1 is 1.58 bits per heavy atom. The van der Waals surface area contributed by atoms with Gasteiger partial charge in [0.2, 0.25) is 5.91 Å². The minimum absolute atomic E-state index is 0.214. The summed E-state index contributed by atoms with van der Waals surface area (Å²) in [4.78, 5) is 26.3. The summed E-state index contributed by atoms with van der Waals surface area (Å²) in [6.07, 6.45) is 4.93. The van der Waals surface area contributed by atoms with Crippen molar-refractivity contribution in [1.29, 1.82) is 0 Å². The van der Waals surface area contributed by atoms with E-state index in [9.17, 15) is 14.8 Å². The molecule has 3 amide bonds. The Hall–Kier alpha value is -2.35. The lowest BCUT2D eigenvalue weighted by Crippen LogP contribution is -2.45. The van der Waals surface area contributed by atoms with Gasteiger partial charge in [-0.1, -0.05) is 0 Å². The van der Waals surface area contributed by atoms with Gasteiger partial charge < -0.3 is 4.90 Å². The maximum atomic E-state index is 11.8. The molecule has 2 bridgehead atoms. The van der Waals surface area contributed by atoms with Crippen LogP contribution in [-0.2, 0) is 4.79 Å². The van der Waals surface area contributed by atoms with E-state index in [0.717, 1.165) is 0 Å². The van der Waals surface area contributed by atoms with Gasteiger partial charge in [0.25, 0.3) is 0 Å². The van der Waals surface area contributed by atoms with Crippen LogP contribution in [0.4, 0.5) is 4.79 Å². The molecule has 3 rings (SSSR count). The number of fused-ring (bicyclic) bond motifs is 2. The average molecular weight is 263 g/mol. The molecule has 1 fully saturated rings. The SMILES string of the molecule is CC(=O)N(C1=CC2CN(C1)C(=O)N2O)n1cccn1. The molecule has 19 heavy (non-hydrogen) atoms. The maximum Gasteiger partial charge on any atom is 0.344 e. The largest absolute Gasteiger partial charge is 0.344 e. The van der Waals surface area contributed by atoms with E-state index in [2.05, 4.69) is 5.10 Å². The summed E-state index contributed by atoms with van der Waals surface area (Å²) in [7, 11) is 0. The van der Waals surface area contributed by atoms with Gasteiger partial charge in [-0.05, 0) is 12.1 Å². The number of hydrogen-bond acceptors (Lipinski definition) is 4. The predicted octanol–water partition coefficient (Wildman–Crippen LogP) is -0.240. The number of urea groups is 1. The molecule has 1 N–H and O–H groups in total. The molecule has 1 saturated heterocycles. The molecule has 8 nitrogen and oxygen atoms in total. The molecule has 0 radical (unpaired) electrons. The molecular weight excluding hydrogens is 250 g/mol. The second-order valence-corrected chi connectivity index (χ2v) is 4.49. The van der Waals surface area contributed by atoms with Crippen LogP contribution >= 0.6 is 0 Å². The van der Waals surface area contributed by atoms with E-state index >= 15 is 0 Å². The third-order valence-electron chi connectivity index (χ3n) is 3.19. The Kier molecular flexibility index (Phi) is 2.53. The maximum absolute atomic E-state index is 11.8. The Morgan fingerprint density at radius 2 is 2.37 bits per heavy atom. The van der Waals surface area contributed by atoms with Gasteiger partial charge in [-0.25, -0.2) is 9.80 Å². The van der Waals surface area contributed by atoms with Crippen LogP contribution in [0.3, 0.4) is 0 Å². The number of aromatic nitrogens is 2. The molecule has 1 atom stereocenters. The van der Waals surface area contributed by atoms with E-state index < -0.39 is 12.1 Å².